The van der Waals surface area contributed by atoms with E-state index < -0.39 is 16.3 Å². The standard InChI is InChI=1S/C8H15N3O3S2/c1-3-4-9-16(13,14)11-8-10-7(5-15-8)6(2)12/h5-6,9,12H,3-4H2,1-2H3,(H,10,11). The maximum atomic E-state index is 11.4. The van der Waals surface area contributed by atoms with Gasteiger partial charge in [-0.25, -0.2) is 9.71 Å². The highest BCUT2D eigenvalue weighted by Crippen LogP contribution is 2.20. The largest absolute Gasteiger partial charge is 0.387 e. The van der Waals surface area contributed by atoms with Crippen molar-refractivity contribution in [2.45, 2.75) is 26.4 Å². The summed E-state index contributed by atoms with van der Waals surface area (Å²) in [4.78, 5) is 3.94. The molecule has 0 aromatic carbocycles. The molecule has 0 aliphatic rings. The van der Waals surface area contributed by atoms with Crippen LogP contribution in [0.3, 0.4) is 0 Å². The van der Waals surface area contributed by atoms with Gasteiger partial charge < -0.3 is 5.11 Å². The zero-order valence-electron chi connectivity index (χ0n) is 9.10. The number of thiazole rings is 1. The molecule has 0 saturated heterocycles. The van der Waals surface area contributed by atoms with Gasteiger partial charge in [-0.15, -0.1) is 11.3 Å². The zero-order valence-corrected chi connectivity index (χ0v) is 10.7. The minimum atomic E-state index is -3.54. The number of aliphatic hydroxyl groups is 1. The molecule has 0 fully saturated rings. The van der Waals surface area contributed by atoms with Crippen LogP contribution in [0.4, 0.5) is 5.13 Å². The fourth-order valence-electron chi connectivity index (χ4n) is 0.912. The van der Waals surface area contributed by atoms with Gasteiger partial charge in [0.1, 0.15) is 0 Å². The molecule has 1 unspecified atom stereocenters. The van der Waals surface area contributed by atoms with E-state index >= 15 is 0 Å². The topological polar surface area (TPSA) is 91.3 Å². The Kier molecular flexibility index (Phi) is 4.66. The Bertz CT molecular complexity index is 427. The van der Waals surface area contributed by atoms with Gasteiger partial charge in [-0.3, -0.25) is 0 Å². The molecule has 1 aromatic heterocycles. The summed E-state index contributed by atoms with van der Waals surface area (Å²) in [7, 11) is -3.54. The number of nitrogens with one attached hydrogen (secondary N) is 2. The Morgan fingerprint density at radius 2 is 2.31 bits per heavy atom. The second-order valence-corrected chi connectivity index (χ2v) is 5.61. The third-order valence-electron chi connectivity index (χ3n) is 1.71. The SMILES string of the molecule is CCCNS(=O)(=O)Nc1nc(C(C)O)cs1. The monoisotopic (exact) mass is 265 g/mol. The van der Waals surface area contributed by atoms with Crippen LogP contribution in [0.2, 0.25) is 0 Å². The fourth-order valence-corrected chi connectivity index (χ4v) is 2.89. The number of hydrogen-bond acceptors (Lipinski definition) is 5. The summed E-state index contributed by atoms with van der Waals surface area (Å²) >= 11 is 1.14. The molecule has 0 spiro atoms. The predicted molar refractivity (Wildman–Crippen MR) is 63.6 cm³/mol. The highest BCUT2D eigenvalue weighted by Gasteiger charge is 2.12. The molecule has 1 rings (SSSR count). The molecule has 0 amide bonds. The maximum Gasteiger partial charge on any atom is 0.300 e. The molecule has 0 aliphatic carbocycles. The van der Waals surface area contributed by atoms with Crippen molar-refractivity contribution in [2.75, 3.05) is 11.3 Å². The minimum absolute atomic E-state index is 0.250. The van der Waals surface area contributed by atoms with Gasteiger partial charge in [-0.1, -0.05) is 6.92 Å². The summed E-state index contributed by atoms with van der Waals surface area (Å²) in [6.45, 7) is 3.82. The normalized spacial score (nSPS) is 13.7. The number of rotatable bonds is 6. The highest BCUT2D eigenvalue weighted by atomic mass is 32.2. The van der Waals surface area contributed by atoms with Crippen molar-refractivity contribution >= 4 is 26.7 Å². The fraction of sp³-hybridized carbons (Fsp3) is 0.625. The first-order valence-corrected chi connectivity index (χ1v) is 7.21. The minimum Gasteiger partial charge on any atom is -0.387 e. The van der Waals surface area contributed by atoms with E-state index in [1.54, 1.807) is 12.3 Å². The number of aromatic nitrogens is 1. The average molecular weight is 265 g/mol. The molecule has 3 N–H and O–H groups in total. The van der Waals surface area contributed by atoms with Gasteiger partial charge in [0.05, 0.1) is 11.8 Å². The van der Waals surface area contributed by atoms with Gasteiger partial charge in [0.2, 0.25) is 0 Å². The van der Waals surface area contributed by atoms with E-state index in [0.29, 0.717) is 12.2 Å². The quantitative estimate of drug-likeness (QED) is 0.711. The first kappa shape index (κ1) is 13.4. The molecule has 1 heterocycles. The molecule has 0 aliphatic heterocycles. The maximum absolute atomic E-state index is 11.4. The lowest BCUT2D eigenvalue weighted by Gasteiger charge is -2.05. The van der Waals surface area contributed by atoms with Crippen LogP contribution < -0.4 is 9.44 Å². The highest BCUT2D eigenvalue weighted by molar-refractivity contribution is 7.91. The van der Waals surface area contributed by atoms with Gasteiger partial charge >= 0.3 is 10.2 Å². The van der Waals surface area contributed by atoms with Gasteiger partial charge in [-0.05, 0) is 13.3 Å². The van der Waals surface area contributed by atoms with Crippen molar-refractivity contribution in [2.24, 2.45) is 0 Å². The molecule has 8 heteroatoms. The smallest absolute Gasteiger partial charge is 0.300 e. The van der Waals surface area contributed by atoms with E-state index in [-0.39, 0.29) is 5.13 Å². The van der Waals surface area contributed by atoms with Crippen LogP contribution in [0.15, 0.2) is 5.38 Å². The van der Waals surface area contributed by atoms with E-state index in [1.165, 1.54) is 0 Å². The summed E-state index contributed by atoms with van der Waals surface area (Å²) in [5.41, 5.74) is 0.457. The Balaban J connectivity index is 2.65. The van der Waals surface area contributed by atoms with Crippen molar-refractivity contribution in [3.05, 3.63) is 11.1 Å². The van der Waals surface area contributed by atoms with Crippen LogP contribution in [0.1, 0.15) is 32.1 Å². The molecular formula is C8H15N3O3S2. The molecule has 1 aromatic rings. The van der Waals surface area contributed by atoms with Crippen LogP contribution in [0, 0.1) is 0 Å². The number of anilines is 1. The van der Waals surface area contributed by atoms with Gasteiger partial charge in [0, 0.05) is 11.9 Å². The Hall–Kier alpha value is -0.700. The third kappa shape index (κ3) is 4.05. The van der Waals surface area contributed by atoms with E-state index in [9.17, 15) is 13.5 Å². The van der Waals surface area contributed by atoms with Crippen molar-refractivity contribution in [3.63, 3.8) is 0 Å². The van der Waals surface area contributed by atoms with Gasteiger partial charge in [-0.2, -0.15) is 13.1 Å². The van der Waals surface area contributed by atoms with Crippen molar-refractivity contribution in [1.82, 2.24) is 9.71 Å². The Morgan fingerprint density at radius 3 is 2.81 bits per heavy atom. The lowest BCUT2D eigenvalue weighted by Crippen LogP contribution is -2.30. The zero-order chi connectivity index (χ0) is 12.2. The summed E-state index contributed by atoms with van der Waals surface area (Å²) in [5.74, 6) is 0. The molecule has 16 heavy (non-hydrogen) atoms. The Labute approximate surface area is 98.9 Å². The van der Waals surface area contributed by atoms with Crippen molar-refractivity contribution in [1.29, 1.82) is 0 Å². The van der Waals surface area contributed by atoms with E-state index in [0.717, 1.165) is 17.8 Å². The Morgan fingerprint density at radius 1 is 1.62 bits per heavy atom. The molecule has 6 nitrogen and oxygen atoms in total. The van der Waals surface area contributed by atoms with Crippen LogP contribution in [0.5, 0.6) is 0 Å². The summed E-state index contributed by atoms with van der Waals surface area (Å²) in [5, 5.41) is 11.1. The summed E-state index contributed by atoms with van der Waals surface area (Å²) < 4.78 is 27.5. The van der Waals surface area contributed by atoms with E-state index in [4.69, 9.17) is 0 Å². The second kappa shape index (κ2) is 5.58. The number of nitrogens with zero attached hydrogens (tertiary/aromatic N) is 1. The van der Waals surface area contributed by atoms with E-state index in [1.807, 2.05) is 6.92 Å². The number of hydrogen-bond donors (Lipinski definition) is 3. The third-order valence-corrected chi connectivity index (χ3v) is 3.67. The van der Waals surface area contributed by atoms with Crippen LogP contribution >= 0.6 is 11.3 Å². The molecule has 0 radical (unpaired) electrons. The summed E-state index contributed by atoms with van der Waals surface area (Å²) in [6.07, 6.45) is 0.0237. The molecule has 0 saturated carbocycles. The van der Waals surface area contributed by atoms with Crippen LogP contribution in [0.25, 0.3) is 0 Å². The van der Waals surface area contributed by atoms with E-state index in [2.05, 4.69) is 14.4 Å². The lowest BCUT2D eigenvalue weighted by atomic mass is 10.3. The van der Waals surface area contributed by atoms with Crippen LogP contribution in [-0.4, -0.2) is 25.1 Å². The first-order valence-electron chi connectivity index (χ1n) is 4.85. The summed E-state index contributed by atoms with van der Waals surface area (Å²) in [6, 6.07) is 0. The molecule has 1 atom stereocenters. The number of aliphatic hydroxyl groups excluding tert-OH is 1. The van der Waals surface area contributed by atoms with Gasteiger partial charge in [0.15, 0.2) is 5.13 Å². The molecular weight excluding hydrogens is 250 g/mol. The predicted octanol–water partition coefficient (Wildman–Crippen LogP) is 0.853. The van der Waals surface area contributed by atoms with Crippen LogP contribution in [-0.2, 0) is 10.2 Å². The second-order valence-electron chi connectivity index (χ2n) is 3.25. The lowest BCUT2D eigenvalue weighted by molar-refractivity contribution is 0.195. The average Bonchev–Trinajstić information content (AvgIpc) is 2.62. The van der Waals surface area contributed by atoms with Crippen molar-refractivity contribution in [3.8, 4) is 0 Å². The van der Waals surface area contributed by atoms with Gasteiger partial charge in [0.25, 0.3) is 0 Å². The first-order chi connectivity index (χ1) is 7.44. The molecule has 92 valence electrons. The molecule has 0 bridgehead atoms. The van der Waals surface area contributed by atoms with Crippen molar-refractivity contribution < 1.29 is 13.5 Å².